The summed E-state index contributed by atoms with van der Waals surface area (Å²) in [6.45, 7) is 4.21. The van der Waals surface area contributed by atoms with Gasteiger partial charge in [0, 0.05) is 6.54 Å². The zero-order chi connectivity index (χ0) is 17.2. The van der Waals surface area contributed by atoms with Crippen LogP contribution in [0.1, 0.15) is 103 Å². The molecule has 0 fully saturated rings. The van der Waals surface area contributed by atoms with E-state index < -0.39 is 10.3 Å². The molecule has 0 aromatic heterocycles. The molecule has 0 rings (SSSR count). The largest absolute Gasteiger partial charge is 0.333 e. The molecule has 5 heteroatoms. The minimum absolute atomic E-state index is 0.341. The van der Waals surface area contributed by atoms with E-state index in [-0.39, 0.29) is 0 Å². The third-order valence-electron chi connectivity index (χ3n) is 4.21. The third-order valence-corrected chi connectivity index (χ3v) is 4.78. The minimum Gasteiger partial charge on any atom is -0.273 e. The molecule has 0 saturated carbocycles. The molecule has 0 aromatic rings. The van der Waals surface area contributed by atoms with Gasteiger partial charge in [-0.15, -0.1) is 0 Å². The zero-order valence-corrected chi connectivity index (χ0v) is 15.7. The van der Waals surface area contributed by atoms with E-state index in [4.69, 9.17) is 4.55 Å². The van der Waals surface area contributed by atoms with E-state index in [1.54, 1.807) is 0 Å². The molecule has 0 bridgehead atoms. The lowest BCUT2D eigenvalue weighted by Gasteiger charge is -2.04. The Labute approximate surface area is 144 Å². The van der Waals surface area contributed by atoms with E-state index in [2.05, 4.69) is 11.6 Å². The maximum absolute atomic E-state index is 10.4. The molecular weight excluding hydrogens is 310 g/mol. The van der Waals surface area contributed by atoms with Crippen LogP contribution in [0.3, 0.4) is 0 Å². The fourth-order valence-corrected chi connectivity index (χ4v) is 3.20. The van der Waals surface area contributed by atoms with Gasteiger partial charge in [-0.05, 0) is 6.42 Å². The van der Waals surface area contributed by atoms with Crippen molar-refractivity contribution >= 4 is 10.3 Å². The van der Waals surface area contributed by atoms with Crippen LogP contribution in [0.2, 0.25) is 0 Å². The Morgan fingerprint density at radius 2 is 0.913 bits per heavy atom. The quantitative estimate of drug-likeness (QED) is 0.255. The number of rotatable bonds is 18. The fourth-order valence-electron chi connectivity index (χ4n) is 2.80. The molecule has 0 aliphatic rings. The van der Waals surface area contributed by atoms with Crippen molar-refractivity contribution in [2.45, 2.75) is 103 Å². The monoisotopic (exact) mass is 348 g/mol. The summed E-state index contributed by atoms with van der Waals surface area (Å²) in [4.78, 5) is 0. The highest BCUT2D eigenvalue weighted by molar-refractivity contribution is 7.83. The van der Waals surface area contributed by atoms with E-state index >= 15 is 0 Å². The lowest BCUT2D eigenvalue weighted by Crippen LogP contribution is -2.23. The second-order valence-electron chi connectivity index (χ2n) is 6.53. The van der Waals surface area contributed by atoms with Crippen LogP contribution in [0.5, 0.6) is 0 Å². The average molecular weight is 349 g/mol. The predicted octanol–water partition coefficient (Wildman–Crippen LogP) is 5.45. The molecule has 23 heavy (non-hydrogen) atoms. The van der Waals surface area contributed by atoms with Gasteiger partial charge < -0.3 is 0 Å². The standard InChI is InChI=1S/C18H38NO3S/c1-2-3-4-5-6-7-8-9-10-11-12-13-14-15-16-17-18-19-23(20,21)22/h19H,1-18H2,(H,20,21,22). The number of hydrogen-bond donors (Lipinski definition) is 2. The molecule has 0 heterocycles. The summed E-state index contributed by atoms with van der Waals surface area (Å²) in [6.07, 6.45) is 20.2. The lowest BCUT2D eigenvalue weighted by molar-refractivity contribution is 0.464. The lowest BCUT2D eigenvalue weighted by atomic mass is 10.0. The smallest absolute Gasteiger partial charge is 0.273 e. The molecular formula is C18H38NO3S. The molecule has 0 saturated heterocycles. The first-order chi connectivity index (χ1) is 11.1. The van der Waals surface area contributed by atoms with Gasteiger partial charge in [0.15, 0.2) is 0 Å². The second kappa shape index (κ2) is 16.7. The molecule has 0 unspecified atom stereocenters. The van der Waals surface area contributed by atoms with Gasteiger partial charge in [-0.3, -0.25) is 4.55 Å². The van der Waals surface area contributed by atoms with Gasteiger partial charge in [0.2, 0.25) is 0 Å². The number of unbranched alkanes of at least 4 members (excludes halogenated alkanes) is 15. The highest BCUT2D eigenvalue weighted by atomic mass is 32.2. The van der Waals surface area contributed by atoms with Gasteiger partial charge in [-0.2, -0.15) is 13.1 Å². The van der Waals surface area contributed by atoms with Gasteiger partial charge in [0.1, 0.15) is 0 Å². The highest BCUT2D eigenvalue weighted by Gasteiger charge is 2.00. The first kappa shape index (κ1) is 22.9. The Morgan fingerprint density at radius 1 is 0.609 bits per heavy atom. The summed E-state index contributed by atoms with van der Waals surface area (Å²) in [5.41, 5.74) is 0. The molecule has 139 valence electrons. The van der Waals surface area contributed by atoms with Crippen molar-refractivity contribution in [1.82, 2.24) is 4.72 Å². The van der Waals surface area contributed by atoms with Crippen molar-refractivity contribution in [2.75, 3.05) is 6.54 Å². The molecule has 0 aliphatic heterocycles. The molecule has 0 aromatic carbocycles. The molecule has 4 nitrogen and oxygen atoms in total. The van der Waals surface area contributed by atoms with Crippen LogP contribution in [-0.4, -0.2) is 19.5 Å². The van der Waals surface area contributed by atoms with Crippen molar-refractivity contribution in [1.29, 1.82) is 0 Å². The Morgan fingerprint density at radius 3 is 1.22 bits per heavy atom. The second-order valence-corrected chi connectivity index (χ2v) is 7.77. The van der Waals surface area contributed by atoms with Crippen molar-refractivity contribution in [2.24, 2.45) is 0 Å². The minimum atomic E-state index is -4.00. The topological polar surface area (TPSA) is 66.4 Å². The molecule has 0 atom stereocenters. The van der Waals surface area contributed by atoms with Crippen molar-refractivity contribution in [3.8, 4) is 0 Å². The van der Waals surface area contributed by atoms with E-state index in [0.29, 0.717) is 6.54 Å². The Bertz CT molecular complexity index is 331. The van der Waals surface area contributed by atoms with E-state index in [9.17, 15) is 8.42 Å². The molecule has 1 radical (unpaired) electrons. The Hall–Kier alpha value is -0.130. The summed E-state index contributed by atoms with van der Waals surface area (Å²) < 4.78 is 31.5. The first-order valence-electron chi connectivity index (χ1n) is 9.57. The maximum Gasteiger partial charge on any atom is 0.333 e. The van der Waals surface area contributed by atoms with Crippen LogP contribution in [0.15, 0.2) is 0 Å². The van der Waals surface area contributed by atoms with Gasteiger partial charge >= 0.3 is 10.3 Å². The maximum atomic E-state index is 10.4. The van der Waals surface area contributed by atoms with Crippen molar-refractivity contribution in [3.63, 3.8) is 0 Å². The predicted molar refractivity (Wildman–Crippen MR) is 98.8 cm³/mol. The summed E-state index contributed by atoms with van der Waals surface area (Å²) >= 11 is 0. The van der Waals surface area contributed by atoms with Crippen LogP contribution < -0.4 is 4.72 Å². The summed E-state index contributed by atoms with van der Waals surface area (Å²) in [6, 6.07) is 0. The van der Waals surface area contributed by atoms with Gasteiger partial charge in [-0.1, -0.05) is 103 Å². The van der Waals surface area contributed by atoms with Gasteiger partial charge in [0.25, 0.3) is 0 Å². The van der Waals surface area contributed by atoms with Crippen molar-refractivity contribution in [3.05, 3.63) is 6.92 Å². The number of hydrogen-bond acceptors (Lipinski definition) is 2. The number of nitrogens with one attached hydrogen (secondary N) is 1. The third kappa shape index (κ3) is 21.9. The SMILES string of the molecule is [CH2]CCCCCCCCCCCCCCCCCNS(=O)(=O)O. The van der Waals surface area contributed by atoms with Crippen LogP contribution in [0.4, 0.5) is 0 Å². The van der Waals surface area contributed by atoms with E-state index in [1.807, 2.05) is 0 Å². The molecule has 0 spiro atoms. The molecule has 0 amide bonds. The summed E-state index contributed by atoms with van der Waals surface area (Å²) in [7, 11) is -4.00. The van der Waals surface area contributed by atoms with Crippen LogP contribution in [-0.2, 0) is 10.3 Å². The zero-order valence-electron chi connectivity index (χ0n) is 14.9. The molecule has 0 aliphatic carbocycles. The van der Waals surface area contributed by atoms with E-state index in [1.165, 1.54) is 77.0 Å². The fraction of sp³-hybridized carbons (Fsp3) is 0.944. The van der Waals surface area contributed by atoms with Gasteiger partial charge in [-0.25, -0.2) is 0 Å². The van der Waals surface area contributed by atoms with E-state index in [0.717, 1.165) is 25.7 Å². The van der Waals surface area contributed by atoms with Crippen molar-refractivity contribution < 1.29 is 13.0 Å². The average Bonchev–Trinajstić information content (AvgIpc) is 2.49. The van der Waals surface area contributed by atoms with Crippen LogP contribution in [0.25, 0.3) is 0 Å². The van der Waals surface area contributed by atoms with Gasteiger partial charge in [0.05, 0.1) is 0 Å². The first-order valence-corrected chi connectivity index (χ1v) is 11.0. The van der Waals surface area contributed by atoms with Crippen LogP contribution in [0, 0.1) is 6.92 Å². The normalized spacial score (nSPS) is 11.9. The summed E-state index contributed by atoms with van der Waals surface area (Å²) in [5.74, 6) is 0. The summed E-state index contributed by atoms with van der Waals surface area (Å²) in [5, 5.41) is 0. The van der Waals surface area contributed by atoms with Crippen LogP contribution >= 0.6 is 0 Å². The Kier molecular flexibility index (Phi) is 16.6. The molecule has 2 N–H and O–H groups in total. The Balaban J connectivity index is 3.03. The highest BCUT2D eigenvalue weighted by Crippen LogP contribution is 2.13.